The zero-order valence-corrected chi connectivity index (χ0v) is 23.6. The predicted molar refractivity (Wildman–Crippen MR) is 155 cm³/mol. The van der Waals surface area contributed by atoms with Crippen LogP contribution in [-0.2, 0) is 32.0 Å². The molecule has 0 unspecified atom stereocenters. The molecular formula is C33H28BrNO5. The normalized spacial score (nSPS) is 25.8. The molecule has 1 heterocycles. The van der Waals surface area contributed by atoms with E-state index in [4.69, 9.17) is 0 Å². The van der Waals surface area contributed by atoms with Crippen molar-refractivity contribution >= 4 is 45.0 Å². The lowest BCUT2D eigenvalue weighted by Gasteiger charge is -2.42. The van der Waals surface area contributed by atoms with Gasteiger partial charge in [0.05, 0.1) is 22.0 Å². The number of amides is 2. The molecule has 0 spiro atoms. The number of nitrogens with zero attached hydrogens (tertiary/aromatic N) is 1. The summed E-state index contributed by atoms with van der Waals surface area (Å²) < 4.78 is 0.172. The van der Waals surface area contributed by atoms with Gasteiger partial charge in [0.25, 0.3) is 0 Å². The Morgan fingerprint density at radius 1 is 1.05 bits per heavy atom. The highest BCUT2D eigenvalue weighted by Gasteiger charge is 2.56. The van der Waals surface area contributed by atoms with Gasteiger partial charge in [0, 0.05) is 28.7 Å². The smallest absolute Gasteiger partial charge is 0.238 e. The van der Waals surface area contributed by atoms with Crippen LogP contribution in [0, 0.1) is 17.8 Å². The fourth-order valence-electron chi connectivity index (χ4n) is 6.86. The van der Waals surface area contributed by atoms with Crippen LogP contribution in [0.4, 0.5) is 5.69 Å². The third-order valence-corrected chi connectivity index (χ3v) is 9.35. The van der Waals surface area contributed by atoms with Gasteiger partial charge >= 0.3 is 0 Å². The van der Waals surface area contributed by atoms with Crippen LogP contribution in [0.3, 0.4) is 0 Å². The van der Waals surface area contributed by atoms with Crippen molar-refractivity contribution in [3.05, 3.63) is 105 Å². The summed E-state index contributed by atoms with van der Waals surface area (Å²) in [6.45, 7) is 5.82. The molecule has 40 heavy (non-hydrogen) atoms. The minimum absolute atomic E-state index is 0.0447. The van der Waals surface area contributed by atoms with E-state index in [1.165, 1.54) is 11.0 Å². The second-order valence-electron chi connectivity index (χ2n) is 10.8. The molecule has 1 aliphatic heterocycles. The van der Waals surface area contributed by atoms with E-state index < -0.39 is 23.7 Å². The standard InChI is InChI=1S/C33H28BrNO5/c1-3-6-18-7-5-8-21(30(18)37)27-20-13-14-22-28(23(20)15-24-29(27)26(36)16-25(34)31(24)38)33(40)35(32(22)39)19-11-9-17(4-2)10-12-19/h3,5,7-13,16,22-23,27-28,37H,1,4,6,14-15H2,2H3/t22-,23+,27+,28-/m0/s1. The number of aromatic hydroxyl groups is 1. The first-order valence-corrected chi connectivity index (χ1v) is 14.3. The van der Waals surface area contributed by atoms with Gasteiger partial charge < -0.3 is 5.11 Å². The molecular weight excluding hydrogens is 570 g/mol. The molecule has 0 saturated carbocycles. The second kappa shape index (κ2) is 9.97. The van der Waals surface area contributed by atoms with Crippen molar-refractivity contribution in [2.75, 3.05) is 4.90 Å². The van der Waals surface area contributed by atoms with Gasteiger partial charge in [0.1, 0.15) is 5.75 Å². The first kappa shape index (κ1) is 26.4. The summed E-state index contributed by atoms with van der Waals surface area (Å²) in [5.74, 6) is -3.46. The van der Waals surface area contributed by atoms with Crippen molar-refractivity contribution in [2.24, 2.45) is 17.8 Å². The molecule has 1 fully saturated rings. The molecule has 3 aliphatic carbocycles. The molecule has 2 aromatic carbocycles. The Hall–Kier alpha value is -3.84. The van der Waals surface area contributed by atoms with Crippen molar-refractivity contribution in [3.8, 4) is 5.75 Å². The van der Waals surface area contributed by atoms with Gasteiger partial charge in [-0.2, -0.15) is 0 Å². The van der Waals surface area contributed by atoms with Gasteiger partial charge in [-0.25, -0.2) is 0 Å². The zero-order chi connectivity index (χ0) is 28.3. The number of benzene rings is 2. The monoisotopic (exact) mass is 597 g/mol. The second-order valence-corrected chi connectivity index (χ2v) is 11.6. The lowest BCUT2D eigenvalue weighted by molar-refractivity contribution is -0.123. The third-order valence-electron chi connectivity index (χ3n) is 8.76. The Morgan fingerprint density at radius 3 is 2.50 bits per heavy atom. The molecule has 6 nitrogen and oxygen atoms in total. The van der Waals surface area contributed by atoms with E-state index in [2.05, 4.69) is 22.5 Å². The third kappa shape index (κ3) is 3.90. The molecule has 202 valence electrons. The number of fused-ring (bicyclic) bond motifs is 3. The van der Waals surface area contributed by atoms with Crippen LogP contribution in [0.25, 0.3) is 0 Å². The van der Waals surface area contributed by atoms with Crippen LogP contribution in [0.15, 0.2) is 88.5 Å². The van der Waals surface area contributed by atoms with Crippen LogP contribution >= 0.6 is 15.9 Å². The number of rotatable bonds is 5. The first-order chi connectivity index (χ1) is 19.3. The maximum Gasteiger partial charge on any atom is 0.238 e. The lowest BCUT2D eigenvalue weighted by Crippen LogP contribution is -2.39. The number of imide groups is 1. The van der Waals surface area contributed by atoms with E-state index in [1.54, 1.807) is 30.3 Å². The van der Waals surface area contributed by atoms with Crippen molar-refractivity contribution in [2.45, 2.75) is 38.5 Å². The minimum atomic E-state index is -0.700. The maximum absolute atomic E-state index is 14.0. The SMILES string of the molecule is C=CCc1cccc([C@H]2C3=CC[C@@H]4C(=O)N(c5ccc(CC)cc5)C(=O)[C@@H]4[C@@H]3CC3=C2C(=O)C=C(Br)C3=O)c1O. The van der Waals surface area contributed by atoms with Gasteiger partial charge in [-0.05, 0) is 70.8 Å². The topological polar surface area (TPSA) is 91.8 Å². The van der Waals surface area contributed by atoms with Gasteiger partial charge in [-0.3, -0.25) is 24.1 Å². The number of halogens is 1. The Morgan fingerprint density at radius 2 is 1.80 bits per heavy atom. The Kier molecular flexibility index (Phi) is 6.57. The number of para-hydroxylation sites is 1. The number of phenols is 1. The van der Waals surface area contributed by atoms with Crippen molar-refractivity contribution in [3.63, 3.8) is 0 Å². The molecule has 0 radical (unpaired) electrons. The largest absolute Gasteiger partial charge is 0.507 e. The van der Waals surface area contributed by atoms with E-state index in [0.717, 1.165) is 17.6 Å². The van der Waals surface area contributed by atoms with Crippen LogP contribution in [0.2, 0.25) is 0 Å². The quantitative estimate of drug-likeness (QED) is 0.273. The summed E-state index contributed by atoms with van der Waals surface area (Å²) in [6, 6.07) is 12.8. The van der Waals surface area contributed by atoms with Crippen LogP contribution in [-0.4, -0.2) is 28.5 Å². The van der Waals surface area contributed by atoms with Gasteiger partial charge in [-0.1, -0.05) is 55.0 Å². The Labute approximate surface area is 240 Å². The van der Waals surface area contributed by atoms with Crippen LogP contribution in [0.5, 0.6) is 5.75 Å². The number of anilines is 1. The molecule has 1 saturated heterocycles. The van der Waals surface area contributed by atoms with E-state index in [9.17, 15) is 24.3 Å². The summed E-state index contributed by atoms with van der Waals surface area (Å²) in [6.07, 6.45) is 6.75. The number of carbonyl (C=O) groups excluding carboxylic acids is 4. The van der Waals surface area contributed by atoms with E-state index in [-0.39, 0.29) is 40.0 Å². The fourth-order valence-corrected chi connectivity index (χ4v) is 7.31. The van der Waals surface area contributed by atoms with Crippen molar-refractivity contribution in [1.82, 2.24) is 0 Å². The number of Topliss-reactive ketones (excluding diaryl/α,β-unsaturated/α-hetero) is 1. The summed E-state index contributed by atoms with van der Waals surface area (Å²) >= 11 is 3.25. The molecule has 4 atom stereocenters. The summed E-state index contributed by atoms with van der Waals surface area (Å²) in [7, 11) is 0. The summed E-state index contributed by atoms with van der Waals surface area (Å²) in [5.41, 5.74) is 4.30. The van der Waals surface area contributed by atoms with E-state index >= 15 is 0 Å². The first-order valence-electron chi connectivity index (χ1n) is 13.5. The molecule has 0 aromatic heterocycles. The maximum atomic E-state index is 14.0. The lowest BCUT2D eigenvalue weighted by atomic mass is 9.59. The molecule has 2 aromatic rings. The van der Waals surface area contributed by atoms with Gasteiger partial charge in [0.2, 0.25) is 11.8 Å². The molecule has 0 bridgehead atoms. The van der Waals surface area contributed by atoms with Crippen molar-refractivity contribution in [1.29, 1.82) is 0 Å². The molecule has 2 amide bonds. The highest BCUT2D eigenvalue weighted by atomic mass is 79.9. The van der Waals surface area contributed by atoms with Crippen LogP contribution < -0.4 is 4.90 Å². The molecule has 7 heteroatoms. The van der Waals surface area contributed by atoms with E-state index in [0.29, 0.717) is 40.8 Å². The zero-order valence-electron chi connectivity index (χ0n) is 22.0. The summed E-state index contributed by atoms with van der Waals surface area (Å²) in [4.78, 5) is 55.8. The predicted octanol–water partition coefficient (Wildman–Crippen LogP) is 5.65. The number of aryl methyl sites for hydroxylation is 1. The Balaban J connectivity index is 1.48. The Bertz CT molecular complexity index is 1590. The highest BCUT2D eigenvalue weighted by molar-refractivity contribution is 9.12. The average Bonchev–Trinajstić information content (AvgIpc) is 3.21. The molecule has 1 N–H and O–H groups in total. The van der Waals surface area contributed by atoms with E-state index in [1.807, 2.05) is 31.2 Å². The number of ketones is 2. The highest BCUT2D eigenvalue weighted by Crippen LogP contribution is 2.56. The number of phenolic OH excluding ortho intramolecular Hbond substituents is 1. The number of hydrogen-bond acceptors (Lipinski definition) is 5. The van der Waals surface area contributed by atoms with Gasteiger partial charge in [0.15, 0.2) is 11.6 Å². The summed E-state index contributed by atoms with van der Waals surface area (Å²) in [5, 5.41) is 11.3. The number of allylic oxidation sites excluding steroid dienone is 7. The average molecular weight is 598 g/mol. The minimum Gasteiger partial charge on any atom is -0.507 e. The number of carbonyl (C=O) groups is 4. The van der Waals surface area contributed by atoms with Gasteiger partial charge in [-0.15, -0.1) is 6.58 Å². The van der Waals surface area contributed by atoms with Crippen molar-refractivity contribution < 1.29 is 24.3 Å². The number of hydrogen-bond donors (Lipinski definition) is 1. The fraction of sp³-hybridized carbons (Fsp3) is 0.273. The van der Waals surface area contributed by atoms with Crippen LogP contribution in [0.1, 0.15) is 42.4 Å². The molecule has 4 aliphatic rings. The molecule has 6 rings (SSSR count).